The molecule has 0 aromatic heterocycles. The van der Waals surface area contributed by atoms with Crippen molar-refractivity contribution in [1.82, 2.24) is 10.2 Å². The molecule has 0 saturated heterocycles. The Hall–Kier alpha value is -0.700. The highest BCUT2D eigenvalue weighted by atomic mass is 15.1. The van der Waals surface area contributed by atoms with Crippen molar-refractivity contribution in [3.8, 4) is 0 Å². The number of nitrogens with two attached hydrogens (primary N) is 1. The average Bonchev–Trinajstić information content (AvgIpc) is 2.12. The maximum absolute atomic E-state index is 5.37. The van der Waals surface area contributed by atoms with E-state index >= 15 is 0 Å². The molecule has 3 heteroatoms. The van der Waals surface area contributed by atoms with E-state index in [9.17, 15) is 0 Å². The van der Waals surface area contributed by atoms with E-state index in [1.165, 1.54) is 12.8 Å². The topological polar surface area (TPSA) is 41.3 Å². The fraction of sp³-hybridized carbons (Fsp3) is 0.818. The van der Waals surface area contributed by atoms with Gasteiger partial charge in [-0.25, -0.2) is 0 Å². The van der Waals surface area contributed by atoms with Gasteiger partial charge in [0.1, 0.15) is 0 Å². The standard InChI is InChI=1S/C11H25N3/c1-4-8-14(10-6-12)9-5-7-13-11(2)3/h6,10-11,13H,4-5,7-9,12H2,1-3H3/b10-6-. The molecule has 0 aromatic carbocycles. The number of rotatable bonds is 8. The molecule has 84 valence electrons. The van der Waals surface area contributed by atoms with Gasteiger partial charge in [0.15, 0.2) is 0 Å². The Morgan fingerprint density at radius 1 is 1.36 bits per heavy atom. The predicted octanol–water partition coefficient (Wildman–Crippen LogP) is 1.52. The van der Waals surface area contributed by atoms with Crippen molar-refractivity contribution in [2.45, 2.75) is 39.7 Å². The summed E-state index contributed by atoms with van der Waals surface area (Å²) in [6.45, 7) is 9.78. The molecule has 0 bridgehead atoms. The molecular weight excluding hydrogens is 174 g/mol. The lowest BCUT2D eigenvalue weighted by Gasteiger charge is -2.19. The number of hydrogen-bond acceptors (Lipinski definition) is 3. The van der Waals surface area contributed by atoms with Gasteiger partial charge in [0, 0.05) is 31.5 Å². The average molecular weight is 199 g/mol. The van der Waals surface area contributed by atoms with Gasteiger partial charge in [-0.05, 0) is 19.4 Å². The first-order valence-corrected chi connectivity index (χ1v) is 5.56. The molecule has 0 radical (unpaired) electrons. The van der Waals surface area contributed by atoms with Gasteiger partial charge >= 0.3 is 0 Å². The lowest BCUT2D eigenvalue weighted by Crippen LogP contribution is -2.28. The molecule has 0 unspecified atom stereocenters. The first-order chi connectivity index (χ1) is 6.70. The smallest absolute Gasteiger partial charge is 0.0185 e. The maximum Gasteiger partial charge on any atom is 0.0185 e. The van der Waals surface area contributed by atoms with E-state index in [4.69, 9.17) is 5.73 Å². The molecule has 0 spiro atoms. The van der Waals surface area contributed by atoms with Crippen LogP contribution < -0.4 is 11.1 Å². The molecule has 0 heterocycles. The predicted molar refractivity (Wildman–Crippen MR) is 62.9 cm³/mol. The largest absolute Gasteiger partial charge is 0.403 e. The van der Waals surface area contributed by atoms with Gasteiger partial charge in [0.25, 0.3) is 0 Å². The van der Waals surface area contributed by atoms with Crippen molar-refractivity contribution in [3.05, 3.63) is 12.4 Å². The Morgan fingerprint density at radius 3 is 2.57 bits per heavy atom. The summed E-state index contributed by atoms with van der Waals surface area (Å²) < 4.78 is 0. The number of nitrogens with zero attached hydrogens (tertiary/aromatic N) is 1. The quantitative estimate of drug-likeness (QED) is 0.582. The SMILES string of the molecule is CCCN(/C=C\N)CCCNC(C)C. The third-order valence-electron chi connectivity index (χ3n) is 1.98. The Morgan fingerprint density at radius 2 is 2.07 bits per heavy atom. The van der Waals surface area contributed by atoms with Gasteiger partial charge < -0.3 is 16.0 Å². The molecule has 0 rings (SSSR count). The molecule has 0 aliphatic heterocycles. The summed E-state index contributed by atoms with van der Waals surface area (Å²) in [4.78, 5) is 2.27. The minimum atomic E-state index is 0.583. The Labute approximate surface area is 88.3 Å². The molecule has 0 atom stereocenters. The fourth-order valence-electron chi connectivity index (χ4n) is 1.34. The van der Waals surface area contributed by atoms with E-state index in [0.29, 0.717) is 6.04 Å². The van der Waals surface area contributed by atoms with Crippen LogP contribution in [0.4, 0.5) is 0 Å². The van der Waals surface area contributed by atoms with Gasteiger partial charge in [-0.3, -0.25) is 0 Å². The lowest BCUT2D eigenvalue weighted by molar-refractivity contribution is 0.362. The van der Waals surface area contributed by atoms with Crippen LogP contribution in [0.25, 0.3) is 0 Å². The highest BCUT2D eigenvalue weighted by Gasteiger charge is 1.97. The van der Waals surface area contributed by atoms with Crippen molar-refractivity contribution < 1.29 is 0 Å². The van der Waals surface area contributed by atoms with Crippen molar-refractivity contribution >= 4 is 0 Å². The molecule has 0 saturated carbocycles. The monoisotopic (exact) mass is 199 g/mol. The Kier molecular flexibility index (Phi) is 8.43. The van der Waals surface area contributed by atoms with Crippen LogP contribution in [0.3, 0.4) is 0 Å². The van der Waals surface area contributed by atoms with E-state index < -0.39 is 0 Å². The summed E-state index contributed by atoms with van der Waals surface area (Å²) in [5, 5.41) is 3.40. The maximum atomic E-state index is 5.37. The van der Waals surface area contributed by atoms with Gasteiger partial charge in [-0.15, -0.1) is 0 Å². The van der Waals surface area contributed by atoms with E-state index in [0.717, 1.165) is 19.6 Å². The van der Waals surface area contributed by atoms with E-state index in [1.807, 2.05) is 6.20 Å². The third kappa shape index (κ3) is 7.92. The van der Waals surface area contributed by atoms with Gasteiger partial charge in [-0.1, -0.05) is 20.8 Å². The van der Waals surface area contributed by atoms with Gasteiger partial charge in [-0.2, -0.15) is 0 Å². The van der Waals surface area contributed by atoms with Crippen LogP contribution in [-0.4, -0.2) is 30.6 Å². The molecule has 14 heavy (non-hydrogen) atoms. The second kappa shape index (κ2) is 8.88. The minimum absolute atomic E-state index is 0.583. The van der Waals surface area contributed by atoms with Crippen LogP contribution >= 0.6 is 0 Å². The number of nitrogens with one attached hydrogen (secondary N) is 1. The molecule has 0 aliphatic carbocycles. The van der Waals surface area contributed by atoms with Gasteiger partial charge in [0.05, 0.1) is 0 Å². The zero-order chi connectivity index (χ0) is 10.8. The molecule has 3 N–H and O–H groups in total. The van der Waals surface area contributed by atoms with E-state index in [1.54, 1.807) is 6.20 Å². The highest BCUT2D eigenvalue weighted by Crippen LogP contribution is 1.94. The number of hydrogen-bond donors (Lipinski definition) is 2. The van der Waals surface area contributed by atoms with Crippen molar-refractivity contribution in [3.63, 3.8) is 0 Å². The third-order valence-corrected chi connectivity index (χ3v) is 1.98. The minimum Gasteiger partial charge on any atom is -0.403 e. The molecule has 0 fully saturated rings. The van der Waals surface area contributed by atoms with E-state index in [2.05, 4.69) is 31.0 Å². The molecule has 0 aromatic rings. The van der Waals surface area contributed by atoms with Crippen molar-refractivity contribution in [2.24, 2.45) is 5.73 Å². The summed E-state index contributed by atoms with van der Waals surface area (Å²) in [7, 11) is 0. The first kappa shape index (κ1) is 13.3. The van der Waals surface area contributed by atoms with Gasteiger partial charge in [0.2, 0.25) is 0 Å². The van der Waals surface area contributed by atoms with Crippen molar-refractivity contribution in [1.29, 1.82) is 0 Å². The first-order valence-electron chi connectivity index (χ1n) is 5.56. The van der Waals surface area contributed by atoms with Crippen LogP contribution in [0.5, 0.6) is 0 Å². The van der Waals surface area contributed by atoms with Crippen LogP contribution in [0, 0.1) is 0 Å². The summed E-state index contributed by atoms with van der Waals surface area (Å²) in [5.74, 6) is 0. The van der Waals surface area contributed by atoms with Crippen LogP contribution in [0.2, 0.25) is 0 Å². The fourth-order valence-corrected chi connectivity index (χ4v) is 1.34. The second-order valence-corrected chi connectivity index (χ2v) is 3.84. The molecular formula is C11H25N3. The summed E-state index contributed by atoms with van der Waals surface area (Å²) >= 11 is 0. The second-order valence-electron chi connectivity index (χ2n) is 3.84. The summed E-state index contributed by atoms with van der Waals surface area (Å²) in [6, 6.07) is 0.583. The van der Waals surface area contributed by atoms with Crippen molar-refractivity contribution in [2.75, 3.05) is 19.6 Å². The highest BCUT2D eigenvalue weighted by molar-refractivity contribution is 4.77. The Balaban J connectivity index is 3.50. The molecule has 0 aliphatic rings. The molecule has 0 amide bonds. The molecule has 3 nitrogen and oxygen atoms in total. The zero-order valence-electron chi connectivity index (χ0n) is 9.79. The van der Waals surface area contributed by atoms with Crippen LogP contribution in [0.15, 0.2) is 12.4 Å². The van der Waals surface area contributed by atoms with E-state index in [-0.39, 0.29) is 0 Å². The summed E-state index contributed by atoms with van der Waals surface area (Å²) in [6.07, 6.45) is 5.93. The normalized spacial score (nSPS) is 11.4. The van der Waals surface area contributed by atoms with Crippen LogP contribution in [0.1, 0.15) is 33.6 Å². The zero-order valence-corrected chi connectivity index (χ0v) is 9.79. The Bertz CT molecular complexity index is 143. The lowest BCUT2D eigenvalue weighted by atomic mass is 10.3. The van der Waals surface area contributed by atoms with Crippen LogP contribution in [-0.2, 0) is 0 Å². The summed E-state index contributed by atoms with van der Waals surface area (Å²) in [5.41, 5.74) is 5.37.